The summed E-state index contributed by atoms with van der Waals surface area (Å²) in [5, 5.41) is 37.3. The topological polar surface area (TPSA) is 127 Å². The van der Waals surface area contributed by atoms with Crippen molar-refractivity contribution in [3.63, 3.8) is 0 Å². The summed E-state index contributed by atoms with van der Waals surface area (Å²) in [6.07, 6.45) is -1.80. The third-order valence-electron chi connectivity index (χ3n) is 1.41. The van der Waals surface area contributed by atoms with E-state index in [0.29, 0.717) is 0 Å². The van der Waals surface area contributed by atoms with Crippen molar-refractivity contribution in [3.05, 3.63) is 20.2 Å². The van der Waals surface area contributed by atoms with E-state index in [9.17, 15) is 20.2 Å². The zero-order valence-electron chi connectivity index (χ0n) is 6.70. The molecule has 0 heterocycles. The van der Waals surface area contributed by atoms with Crippen molar-refractivity contribution in [2.24, 2.45) is 0 Å². The number of aliphatic hydroxyl groups is 2. The summed E-state index contributed by atoms with van der Waals surface area (Å²) in [5.41, 5.74) is 0. The van der Waals surface area contributed by atoms with Gasteiger partial charge in [-0.25, -0.2) is 0 Å². The van der Waals surface area contributed by atoms with Crippen LogP contribution in [0.1, 0.15) is 6.42 Å². The molecule has 0 aliphatic rings. The van der Waals surface area contributed by atoms with Crippen molar-refractivity contribution in [1.29, 1.82) is 0 Å². The highest BCUT2D eigenvalue weighted by molar-refractivity contribution is 4.62. The molecule has 0 aliphatic carbocycles. The molecule has 13 heavy (non-hydrogen) atoms. The molecule has 8 heteroatoms. The molecule has 2 atom stereocenters. The first-order valence-electron chi connectivity index (χ1n) is 3.51. The van der Waals surface area contributed by atoms with Crippen molar-refractivity contribution in [2.75, 3.05) is 13.2 Å². The maximum absolute atomic E-state index is 10.1. The summed E-state index contributed by atoms with van der Waals surface area (Å²) in [6, 6.07) is -1.34. The first-order chi connectivity index (χ1) is 5.97. The van der Waals surface area contributed by atoms with E-state index >= 15 is 0 Å². The SMILES string of the molecule is O=[N+]([O-])CC(O)CC(CO)[N+](=O)[O-]. The highest BCUT2D eigenvalue weighted by Gasteiger charge is 2.25. The van der Waals surface area contributed by atoms with Crippen LogP contribution in [0.25, 0.3) is 0 Å². The minimum Gasteiger partial charge on any atom is -0.389 e. The maximum Gasteiger partial charge on any atom is 0.238 e. The van der Waals surface area contributed by atoms with E-state index in [4.69, 9.17) is 10.2 Å². The number of aliphatic hydroxyl groups excluding tert-OH is 2. The Morgan fingerprint density at radius 3 is 2.15 bits per heavy atom. The summed E-state index contributed by atoms with van der Waals surface area (Å²) in [4.78, 5) is 18.4. The van der Waals surface area contributed by atoms with Crippen LogP contribution in [0.2, 0.25) is 0 Å². The fourth-order valence-corrected chi connectivity index (χ4v) is 0.788. The number of hydrogen-bond donors (Lipinski definition) is 2. The Labute approximate surface area is 73.1 Å². The van der Waals surface area contributed by atoms with Crippen molar-refractivity contribution in [2.45, 2.75) is 18.6 Å². The molecule has 0 rings (SSSR count). The smallest absolute Gasteiger partial charge is 0.238 e. The molecule has 0 saturated carbocycles. The zero-order chi connectivity index (χ0) is 10.4. The summed E-state index contributed by atoms with van der Waals surface area (Å²) >= 11 is 0. The van der Waals surface area contributed by atoms with Crippen LogP contribution < -0.4 is 0 Å². The van der Waals surface area contributed by atoms with Gasteiger partial charge in [-0.1, -0.05) is 0 Å². The molecule has 0 amide bonds. The van der Waals surface area contributed by atoms with Gasteiger partial charge in [0.25, 0.3) is 0 Å². The third-order valence-corrected chi connectivity index (χ3v) is 1.41. The normalized spacial score (nSPS) is 14.9. The van der Waals surface area contributed by atoms with E-state index < -0.39 is 41.6 Å². The third kappa shape index (κ3) is 5.04. The predicted molar refractivity (Wildman–Crippen MR) is 40.4 cm³/mol. The predicted octanol–water partition coefficient (Wildman–Crippen LogP) is -1.35. The van der Waals surface area contributed by atoms with Gasteiger partial charge in [-0.3, -0.25) is 20.2 Å². The Morgan fingerprint density at radius 1 is 1.31 bits per heavy atom. The lowest BCUT2D eigenvalue weighted by atomic mass is 10.1. The van der Waals surface area contributed by atoms with Gasteiger partial charge in [0.15, 0.2) is 0 Å². The van der Waals surface area contributed by atoms with Crippen molar-refractivity contribution >= 4 is 0 Å². The van der Waals surface area contributed by atoms with Gasteiger partial charge in [-0.05, 0) is 0 Å². The second-order valence-corrected chi connectivity index (χ2v) is 2.53. The minimum atomic E-state index is -1.39. The largest absolute Gasteiger partial charge is 0.389 e. The first kappa shape index (κ1) is 11.7. The number of hydrogen-bond acceptors (Lipinski definition) is 6. The molecule has 0 aliphatic heterocycles. The lowest BCUT2D eigenvalue weighted by molar-refractivity contribution is -0.534. The average Bonchev–Trinajstić information content (AvgIpc) is 1.98. The average molecular weight is 194 g/mol. The van der Waals surface area contributed by atoms with Crippen molar-refractivity contribution < 1.29 is 20.1 Å². The Balaban J connectivity index is 3.93. The van der Waals surface area contributed by atoms with E-state index in [1.165, 1.54) is 0 Å². The Kier molecular flexibility index (Phi) is 4.85. The molecule has 0 radical (unpaired) electrons. The molecule has 2 N–H and O–H groups in total. The van der Waals surface area contributed by atoms with E-state index in [0.717, 1.165) is 0 Å². The molecule has 0 saturated heterocycles. The van der Waals surface area contributed by atoms with Crippen LogP contribution in [0, 0.1) is 20.2 Å². The van der Waals surface area contributed by atoms with Crippen LogP contribution in [0.3, 0.4) is 0 Å². The fraction of sp³-hybridized carbons (Fsp3) is 1.00. The summed E-state index contributed by atoms with van der Waals surface area (Å²) in [7, 11) is 0. The number of nitro groups is 2. The molecular weight excluding hydrogens is 184 g/mol. The van der Waals surface area contributed by atoms with Crippen LogP contribution in [0.5, 0.6) is 0 Å². The van der Waals surface area contributed by atoms with Gasteiger partial charge < -0.3 is 10.2 Å². The second-order valence-electron chi connectivity index (χ2n) is 2.53. The first-order valence-corrected chi connectivity index (χ1v) is 3.51. The Morgan fingerprint density at radius 2 is 1.85 bits per heavy atom. The minimum absolute atomic E-state index is 0.412. The van der Waals surface area contributed by atoms with Crippen molar-refractivity contribution in [3.8, 4) is 0 Å². The highest BCUT2D eigenvalue weighted by Crippen LogP contribution is 2.01. The highest BCUT2D eigenvalue weighted by atomic mass is 16.6. The maximum atomic E-state index is 10.1. The number of nitrogens with zero attached hydrogens (tertiary/aromatic N) is 2. The van der Waals surface area contributed by atoms with E-state index in [1.807, 2.05) is 0 Å². The Bertz CT molecular complexity index is 195. The molecule has 0 fully saturated rings. The van der Waals surface area contributed by atoms with E-state index in [1.54, 1.807) is 0 Å². The molecule has 0 aromatic rings. The van der Waals surface area contributed by atoms with Gasteiger partial charge in [-0.2, -0.15) is 0 Å². The molecule has 76 valence electrons. The molecule has 2 unspecified atom stereocenters. The molecular formula is C5H10N2O6. The summed E-state index contributed by atoms with van der Waals surface area (Å²) in [5.74, 6) is 0. The summed E-state index contributed by atoms with van der Waals surface area (Å²) in [6.45, 7) is -1.48. The van der Waals surface area contributed by atoms with Gasteiger partial charge >= 0.3 is 0 Å². The van der Waals surface area contributed by atoms with Crippen LogP contribution in [-0.4, -0.2) is 45.4 Å². The molecule has 0 bridgehead atoms. The molecule has 0 spiro atoms. The van der Waals surface area contributed by atoms with Crippen LogP contribution >= 0.6 is 0 Å². The quantitative estimate of drug-likeness (QED) is 0.397. The van der Waals surface area contributed by atoms with Crippen LogP contribution in [0.4, 0.5) is 0 Å². The van der Waals surface area contributed by atoms with Gasteiger partial charge in [0.1, 0.15) is 12.7 Å². The van der Waals surface area contributed by atoms with Gasteiger partial charge in [0, 0.05) is 16.3 Å². The van der Waals surface area contributed by atoms with Crippen molar-refractivity contribution in [1.82, 2.24) is 0 Å². The van der Waals surface area contributed by atoms with Crippen LogP contribution in [0.15, 0.2) is 0 Å². The lowest BCUT2D eigenvalue weighted by Gasteiger charge is -2.08. The molecule has 8 nitrogen and oxygen atoms in total. The van der Waals surface area contributed by atoms with Crippen LogP contribution in [-0.2, 0) is 0 Å². The standard InChI is InChI=1S/C5H10N2O6/c8-3-4(7(12)13)1-5(9)2-6(10)11/h4-5,8-9H,1-3H2. The second kappa shape index (κ2) is 5.38. The summed E-state index contributed by atoms with van der Waals surface area (Å²) < 4.78 is 0. The molecule has 0 aromatic carbocycles. The van der Waals surface area contributed by atoms with Gasteiger partial charge in [-0.15, -0.1) is 0 Å². The van der Waals surface area contributed by atoms with E-state index in [2.05, 4.69) is 0 Å². The zero-order valence-corrected chi connectivity index (χ0v) is 6.70. The van der Waals surface area contributed by atoms with Gasteiger partial charge in [0.2, 0.25) is 12.6 Å². The van der Waals surface area contributed by atoms with E-state index in [-0.39, 0.29) is 0 Å². The monoisotopic (exact) mass is 194 g/mol. The Hall–Kier alpha value is -1.28. The number of rotatable bonds is 6. The lowest BCUT2D eigenvalue weighted by Crippen LogP contribution is -2.32. The fourth-order valence-electron chi connectivity index (χ4n) is 0.788. The molecule has 0 aromatic heterocycles. The van der Waals surface area contributed by atoms with Gasteiger partial charge in [0.05, 0.1) is 0 Å².